The first-order chi connectivity index (χ1) is 22.8. The van der Waals surface area contributed by atoms with Gasteiger partial charge in [0.25, 0.3) is 0 Å². The smallest absolute Gasteiger partial charge is 0.146 e. The van der Waals surface area contributed by atoms with Crippen LogP contribution in [0.5, 0.6) is 0 Å². The summed E-state index contributed by atoms with van der Waals surface area (Å²) in [6.45, 7) is 0. The van der Waals surface area contributed by atoms with Gasteiger partial charge in [0.1, 0.15) is 11.5 Å². The van der Waals surface area contributed by atoms with E-state index in [1.54, 1.807) is 0 Å². The molecule has 0 aliphatic heterocycles. The zero-order chi connectivity index (χ0) is 30.2. The van der Waals surface area contributed by atoms with Crippen LogP contribution in [-0.4, -0.2) is 18.9 Å². The highest BCUT2D eigenvalue weighted by molar-refractivity contribution is 6.24. The molecule has 10 aromatic rings. The predicted octanol–water partition coefficient (Wildman–Crippen LogP) is 10.6. The molecule has 0 amide bonds. The fourth-order valence-electron chi connectivity index (χ4n) is 7.25. The Bertz CT molecular complexity index is 2730. The number of benzene rings is 6. The van der Waals surface area contributed by atoms with E-state index in [9.17, 15) is 0 Å². The zero-order valence-electron chi connectivity index (χ0n) is 24.8. The Labute approximate surface area is 264 Å². The molecule has 4 aromatic heterocycles. The number of fused-ring (bicyclic) bond motifs is 12. The summed E-state index contributed by atoms with van der Waals surface area (Å²) in [5.74, 6) is 0.879. The molecule has 4 heterocycles. The number of imidazole rings is 1. The van der Waals surface area contributed by atoms with Crippen LogP contribution in [0.1, 0.15) is 0 Å². The van der Waals surface area contributed by atoms with Crippen LogP contribution in [0.25, 0.3) is 88.4 Å². The molecule has 0 bridgehead atoms. The Morgan fingerprint density at radius 2 is 1.00 bits per heavy atom. The second-order valence-corrected chi connectivity index (χ2v) is 11.8. The fourth-order valence-corrected chi connectivity index (χ4v) is 7.25. The van der Waals surface area contributed by atoms with Crippen molar-refractivity contribution in [2.45, 2.75) is 0 Å². The van der Waals surface area contributed by atoms with Crippen LogP contribution < -0.4 is 0 Å². The second kappa shape index (κ2) is 9.62. The summed E-state index contributed by atoms with van der Waals surface area (Å²) in [5, 5.41) is 5.90. The SMILES string of the molecule is c1ccc(-c2cc(-c3ccccc3)nc(-n3c4ccccc4c4ccc5c6ccccc6c6nc7ccccc7n6c5c43)c2)cc1. The summed E-state index contributed by atoms with van der Waals surface area (Å²) in [7, 11) is 0. The molecule has 0 unspecified atom stereocenters. The molecular formula is C42H26N4. The van der Waals surface area contributed by atoms with Crippen molar-refractivity contribution in [3.05, 3.63) is 158 Å². The highest BCUT2D eigenvalue weighted by Crippen LogP contribution is 2.41. The van der Waals surface area contributed by atoms with Crippen LogP contribution in [-0.2, 0) is 0 Å². The first kappa shape index (κ1) is 25.1. The first-order valence-electron chi connectivity index (χ1n) is 15.6. The zero-order valence-corrected chi connectivity index (χ0v) is 24.8. The van der Waals surface area contributed by atoms with Gasteiger partial charge in [0.05, 0.1) is 33.3 Å². The van der Waals surface area contributed by atoms with Crippen LogP contribution >= 0.6 is 0 Å². The third-order valence-electron chi connectivity index (χ3n) is 9.27. The highest BCUT2D eigenvalue weighted by Gasteiger charge is 2.22. The largest absolute Gasteiger partial charge is 0.292 e. The number of para-hydroxylation sites is 3. The molecule has 6 aromatic carbocycles. The molecule has 46 heavy (non-hydrogen) atoms. The number of pyridine rings is 2. The molecule has 0 N–H and O–H groups in total. The maximum absolute atomic E-state index is 5.41. The van der Waals surface area contributed by atoms with Gasteiger partial charge in [-0.25, -0.2) is 9.97 Å². The van der Waals surface area contributed by atoms with Gasteiger partial charge in [-0.15, -0.1) is 0 Å². The van der Waals surface area contributed by atoms with Crippen LogP contribution in [0.4, 0.5) is 0 Å². The van der Waals surface area contributed by atoms with E-state index in [0.717, 1.165) is 66.8 Å². The van der Waals surface area contributed by atoms with E-state index in [2.05, 4.69) is 167 Å². The predicted molar refractivity (Wildman–Crippen MR) is 191 cm³/mol. The number of aromatic nitrogens is 4. The van der Waals surface area contributed by atoms with E-state index >= 15 is 0 Å². The molecule has 214 valence electrons. The molecule has 0 radical (unpaired) electrons. The average Bonchev–Trinajstić information content (AvgIpc) is 3.69. The fraction of sp³-hybridized carbons (Fsp3) is 0. The van der Waals surface area contributed by atoms with Gasteiger partial charge in [-0.1, -0.05) is 127 Å². The quantitative estimate of drug-likeness (QED) is 0.193. The summed E-state index contributed by atoms with van der Waals surface area (Å²) in [4.78, 5) is 10.6. The van der Waals surface area contributed by atoms with Crippen LogP contribution in [0.2, 0.25) is 0 Å². The molecule has 0 aliphatic carbocycles. The molecule has 0 saturated heterocycles. The summed E-state index contributed by atoms with van der Waals surface area (Å²) in [5.41, 5.74) is 10.7. The van der Waals surface area contributed by atoms with Crippen molar-refractivity contribution in [1.29, 1.82) is 0 Å². The third-order valence-corrected chi connectivity index (χ3v) is 9.27. The standard InChI is InChI=1S/C42H26N4/c1-3-13-27(14-4-1)29-25-36(28-15-5-2-6-16-28)43-39(26-29)45-37-21-11-9-18-31(37)33-24-23-32-30-17-7-8-19-34(30)42-44-35-20-10-12-22-38(35)46(42)41(32)40(33)45/h1-26H. The van der Waals surface area contributed by atoms with Gasteiger partial charge in [0.2, 0.25) is 0 Å². The lowest BCUT2D eigenvalue weighted by molar-refractivity contribution is 1.08. The molecule has 10 rings (SSSR count). The molecule has 4 heteroatoms. The number of rotatable bonds is 3. The normalized spacial score (nSPS) is 11.9. The molecule has 0 aliphatic rings. The van der Waals surface area contributed by atoms with Gasteiger partial charge >= 0.3 is 0 Å². The van der Waals surface area contributed by atoms with Crippen molar-refractivity contribution in [3.63, 3.8) is 0 Å². The minimum Gasteiger partial charge on any atom is -0.292 e. The maximum atomic E-state index is 5.41. The summed E-state index contributed by atoms with van der Waals surface area (Å²) in [6.07, 6.45) is 0. The number of hydrogen-bond donors (Lipinski definition) is 0. The third kappa shape index (κ3) is 3.55. The van der Waals surface area contributed by atoms with Crippen LogP contribution in [0, 0.1) is 0 Å². The van der Waals surface area contributed by atoms with E-state index in [0.29, 0.717) is 0 Å². The summed E-state index contributed by atoms with van der Waals surface area (Å²) in [6, 6.07) is 55.8. The highest BCUT2D eigenvalue weighted by atomic mass is 15.1. The van der Waals surface area contributed by atoms with Crippen molar-refractivity contribution >= 4 is 60.2 Å². The van der Waals surface area contributed by atoms with Crippen molar-refractivity contribution in [2.24, 2.45) is 0 Å². The maximum Gasteiger partial charge on any atom is 0.146 e. The topological polar surface area (TPSA) is 35.1 Å². The van der Waals surface area contributed by atoms with Crippen molar-refractivity contribution in [1.82, 2.24) is 18.9 Å². The minimum atomic E-state index is 0.879. The molecule has 0 fully saturated rings. The average molecular weight is 587 g/mol. The van der Waals surface area contributed by atoms with Crippen molar-refractivity contribution in [2.75, 3.05) is 0 Å². The van der Waals surface area contributed by atoms with Crippen LogP contribution in [0.15, 0.2) is 158 Å². The van der Waals surface area contributed by atoms with E-state index in [1.165, 1.54) is 21.5 Å². The lowest BCUT2D eigenvalue weighted by atomic mass is 10.0. The summed E-state index contributed by atoms with van der Waals surface area (Å²) >= 11 is 0. The number of nitrogens with zero attached hydrogens (tertiary/aromatic N) is 4. The van der Waals surface area contributed by atoms with Crippen LogP contribution in [0.3, 0.4) is 0 Å². The Morgan fingerprint density at radius 1 is 0.391 bits per heavy atom. The van der Waals surface area contributed by atoms with Gasteiger partial charge in [0, 0.05) is 27.1 Å². The number of hydrogen-bond acceptors (Lipinski definition) is 2. The van der Waals surface area contributed by atoms with Crippen molar-refractivity contribution in [3.8, 4) is 28.2 Å². The molecule has 0 saturated carbocycles. The van der Waals surface area contributed by atoms with E-state index in [4.69, 9.17) is 9.97 Å². The van der Waals surface area contributed by atoms with E-state index in [-0.39, 0.29) is 0 Å². The Balaban J connectivity index is 1.44. The van der Waals surface area contributed by atoms with Crippen molar-refractivity contribution < 1.29 is 0 Å². The Morgan fingerprint density at radius 3 is 1.78 bits per heavy atom. The lowest BCUT2D eigenvalue weighted by Gasteiger charge is -2.15. The van der Waals surface area contributed by atoms with Gasteiger partial charge in [-0.05, 0) is 46.8 Å². The summed E-state index contributed by atoms with van der Waals surface area (Å²) < 4.78 is 4.73. The molecule has 0 atom stereocenters. The second-order valence-electron chi connectivity index (χ2n) is 11.8. The lowest BCUT2D eigenvalue weighted by Crippen LogP contribution is -2.02. The van der Waals surface area contributed by atoms with Gasteiger partial charge in [0.15, 0.2) is 0 Å². The Kier molecular flexibility index (Phi) is 5.25. The molecule has 0 spiro atoms. The van der Waals surface area contributed by atoms with E-state index in [1.807, 2.05) is 0 Å². The Hall–Kier alpha value is -6.26. The van der Waals surface area contributed by atoms with Gasteiger partial charge in [-0.2, -0.15) is 0 Å². The molecule has 4 nitrogen and oxygen atoms in total. The minimum absolute atomic E-state index is 0.879. The van der Waals surface area contributed by atoms with Gasteiger partial charge in [-0.3, -0.25) is 8.97 Å². The van der Waals surface area contributed by atoms with Gasteiger partial charge < -0.3 is 0 Å². The van der Waals surface area contributed by atoms with E-state index < -0.39 is 0 Å². The molecular weight excluding hydrogens is 560 g/mol. The monoisotopic (exact) mass is 586 g/mol. The first-order valence-corrected chi connectivity index (χ1v) is 15.6.